The second-order valence-electron chi connectivity index (χ2n) is 12.3. The first kappa shape index (κ1) is 38.7. The average molecular weight is 752 g/mol. The first-order chi connectivity index (χ1) is 25.4. The fourth-order valence-corrected chi connectivity index (χ4v) is 5.84. The number of ether oxygens (including phenoxy) is 4. The van der Waals surface area contributed by atoms with Gasteiger partial charge in [-0.2, -0.15) is 5.26 Å². The Morgan fingerprint density at radius 3 is 2.28 bits per heavy atom. The van der Waals surface area contributed by atoms with Crippen LogP contribution in [0.5, 0.6) is 28.9 Å². The molecule has 0 N–H and O–H groups in total. The van der Waals surface area contributed by atoms with Crippen LogP contribution in [0.3, 0.4) is 0 Å². The number of benzene rings is 4. The minimum Gasteiger partial charge on any atom is -0.497 e. The van der Waals surface area contributed by atoms with E-state index in [-0.39, 0.29) is 18.3 Å². The summed E-state index contributed by atoms with van der Waals surface area (Å²) in [7, 11) is 1.65. The van der Waals surface area contributed by atoms with Crippen LogP contribution in [-0.2, 0) is 24.4 Å². The van der Waals surface area contributed by atoms with Gasteiger partial charge in [-0.1, -0.05) is 60.1 Å². The first-order valence-electron chi connectivity index (χ1n) is 17.0. The molecule has 0 radical (unpaired) electrons. The summed E-state index contributed by atoms with van der Waals surface area (Å²) in [5.74, 6) is 2.97. The van der Waals surface area contributed by atoms with Crippen LogP contribution in [0.15, 0.2) is 115 Å². The Kier molecular flexibility index (Phi) is 14.1. The van der Waals surface area contributed by atoms with E-state index in [0.29, 0.717) is 54.3 Å². The van der Waals surface area contributed by atoms with E-state index < -0.39 is 0 Å². The van der Waals surface area contributed by atoms with Crippen LogP contribution in [0.1, 0.15) is 27.8 Å². The maximum atomic E-state index is 13.0. The SMILES string of the molecule is COc1cccc(OCCc2ccc(CN3CCN(C(=O)/C=C/c4ccc(Oc5ccc(OCc6ccc(C#N)cc6)cn5)c(Cl)c4)CC3)cc2)c1.Cl. The number of methoxy groups -OCH3 is 1. The van der Waals surface area contributed by atoms with Gasteiger partial charge in [-0.15, -0.1) is 12.4 Å². The lowest BCUT2D eigenvalue weighted by Crippen LogP contribution is -2.47. The molecule has 1 fully saturated rings. The van der Waals surface area contributed by atoms with Crippen LogP contribution in [-0.4, -0.2) is 60.6 Å². The summed E-state index contributed by atoms with van der Waals surface area (Å²) >= 11 is 6.52. The number of carbonyl (C=O) groups excluding carboxylic acids is 1. The van der Waals surface area contributed by atoms with E-state index in [2.05, 4.69) is 40.2 Å². The lowest BCUT2D eigenvalue weighted by molar-refractivity contribution is -0.127. The van der Waals surface area contributed by atoms with Crippen LogP contribution in [0.2, 0.25) is 5.02 Å². The Morgan fingerprint density at radius 1 is 0.849 bits per heavy atom. The van der Waals surface area contributed by atoms with Crippen molar-refractivity contribution in [3.8, 4) is 34.9 Å². The van der Waals surface area contributed by atoms with Crippen molar-refractivity contribution in [3.63, 3.8) is 0 Å². The monoisotopic (exact) mass is 750 g/mol. The van der Waals surface area contributed by atoms with Gasteiger partial charge in [-0.3, -0.25) is 9.69 Å². The highest BCUT2D eigenvalue weighted by Crippen LogP contribution is 2.30. The first-order valence-corrected chi connectivity index (χ1v) is 17.4. The molecule has 1 amide bonds. The third-order valence-electron chi connectivity index (χ3n) is 8.60. The van der Waals surface area contributed by atoms with Gasteiger partial charge in [0.1, 0.15) is 29.6 Å². The molecule has 4 aromatic carbocycles. The second kappa shape index (κ2) is 19.3. The van der Waals surface area contributed by atoms with Crippen molar-refractivity contribution in [2.45, 2.75) is 19.6 Å². The number of carbonyl (C=O) groups is 1. The quantitative estimate of drug-likeness (QED) is 0.105. The molecule has 0 spiro atoms. The van der Waals surface area contributed by atoms with Crippen molar-refractivity contribution in [1.29, 1.82) is 5.26 Å². The van der Waals surface area contributed by atoms with E-state index in [0.717, 1.165) is 48.7 Å². The van der Waals surface area contributed by atoms with Gasteiger partial charge in [0.15, 0.2) is 0 Å². The van der Waals surface area contributed by atoms with E-state index >= 15 is 0 Å². The molecule has 272 valence electrons. The molecule has 0 unspecified atom stereocenters. The Bertz CT molecular complexity index is 2010. The normalized spacial score (nSPS) is 12.8. The van der Waals surface area contributed by atoms with E-state index in [1.165, 1.54) is 11.1 Å². The van der Waals surface area contributed by atoms with Gasteiger partial charge in [0.25, 0.3) is 0 Å². The zero-order valence-corrected chi connectivity index (χ0v) is 30.9. The van der Waals surface area contributed by atoms with Crippen molar-refractivity contribution < 1.29 is 23.7 Å². The third-order valence-corrected chi connectivity index (χ3v) is 8.90. The Hall–Kier alpha value is -5.53. The molecule has 5 aromatic rings. The van der Waals surface area contributed by atoms with Crippen molar-refractivity contribution in [1.82, 2.24) is 14.8 Å². The predicted molar refractivity (Wildman–Crippen MR) is 208 cm³/mol. The lowest BCUT2D eigenvalue weighted by Gasteiger charge is -2.34. The standard InChI is InChI=1S/C42H39ClN4O5.ClH/c1-49-36-3-2-4-37(26-36)50-24-19-31-5-9-34(10-6-31)29-46-20-22-47(23-21-46)42(48)18-14-32-13-16-40(39(43)25-32)52-41-17-15-38(28-45-41)51-30-35-11-7-33(27-44)8-12-35;/h2-18,25-26,28H,19-24,29-30H2,1H3;1H/b18-14+;. The summed E-state index contributed by atoms with van der Waals surface area (Å²) < 4.78 is 22.8. The fourth-order valence-electron chi connectivity index (χ4n) is 5.62. The fraction of sp³-hybridized carbons (Fsp3) is 0.214. The van der Waals surface area contributed by atoms with Gasteiger partial charge < -0.3 is 23.8 Å². The second-order valence-corrected chi connectivity index (χ2v) is 12.7. The van der Waals surface area contributed by atoms with Crippen molar-refractivity contribution in [3.05, 3.63) is 148 Å². The molecular formula is C42H40Cl2N4O5. The van der Waals surface area contributed by atoms with Crippen LogP contribution in [0, 0.1) is 11.3 Å². The Balaban J connectivity index is 0.00000541. The number of aromatic nitrogens is 1. The van der Waals surface area contributed by atoms with E-state index in [1.54, 1.807) is 61.9 Å². The van der Waals surface area contributed by atoms with Crippen molar-refractivity contribution in [2.75, 3.05) is 39.9 Å². The highest BCUT2D eigenvalue weighted by Gasteiger charge is 2.20. The molecule has 0 atom stereocenters. The van der Waals surface area contributed by atoms with E-state index in [9.17, 15) is 4.79 Å². The Labute approximate surface area is 321 Å². The summed E-state index contributed by atoms with van der Waals surface area (Å²) in [6.45, 7) is 4.76. The number of halogens is 2. The maximum Gasteiger partial charge on any atom is 0.246 e. The van der Waals surface area contributed by atoms with Gasteiger partial charge >= 0.3 is 0 Å². The highest BCUT2D eigenvalue weighted by molar-refractivity contribution is 6.32. The number of pyridine rings is 1. The number of rotatable bonds is 14. The number of hydrogen-bond acceptors (Lipinski definition) is 8. The summed E-state index contributed by atoms with van der Waals surface area (Å²) in [5.41, 5.74) is 4.82. The molecule has 53 heavy (non-hydrogen) atoms. The molecule has 0 saturated carbocycles. The topological polar surface area (TPSA) is 97.2 Å². The maximum absolute atomic E-state index is 13.0. The van der Waals surface area contributed by atoms with Gasteiger partial charge in [0.2, 0.25) is 11.8 Å². The highest BCUT2D eigenvalue weighted by atomic mass is 35.5. The van der Waals surface area contributed by atoms with Gasteiger partial charge in [-0.25, -0.2) is 4.98 Å². The zero-order chi connectivity index (χ0) is 36.1. The predicted octanol–water partition coefficient (Wildman–Crippen LogP) is 8.39. The molecule has 9 nitrogen and oxygen atoms in total. The number of nitrogens with zero attached hydrogens (tertiary/aromatic N) is 4. The van der Waals surface area contributed by atoms with Crippen LogP contribution in [0.25, 0.3) is 6.08 Å². The molecule has 1 aliphatic heterocycles. The molecule has 6 rings (SSSR count). The summed E-state index contributed by atoms with van der Waals surface area (Å²) in [4.78, 5) is 21.5. The van der Waals surface area contributed by atoms with Gasteiger partial charge in [-0.05, 0) is 70.8 Å². The molecular weight excluding hydrogens is 711 g/mol. The van der Waals surface area contributed by atoms with Crippen molar-refractivity contribution >= 4 is 36.0 Å². The summed E-state index contributed by atoms with van der Waals surface area (Å²) in [6.07, 6.45) is 5.77. The van der Waals surface area contributed by atoms with Crippen LogP contribution >= 0.6 is 24.0 Å². The van der Waals surface area contributed by atoms with Gasteiger partial charge in [0, 0.05) is 57.4 Å². The lowest BCUT2D eigenvalue weighted by atomic mass is 10.1. The molecule has 1 aliphatic rings. The third kappa shape index (κ3) is 11.5. The number of piperazine rings is 1. The molecule has 1 saturated heterocycles. The summed E-state index contributed by atoms with van der Waals surface area (Å²) in [5, 5.41) is 9.34. The molecule has 0 aliphatic carbocycles. The van der Waals surface area contributed by atoms with Crippen LogP contribution < -0.4 is 18.9 Å². The number of hydrogen-bond donors (Lipinski definition) is 0. The van der Waals surface area contributed by atoms with Crippen LogP contribution in [0.4, 0.5) is 0 Å². The minimum atomic E-state index is -0.0256. The average Bonchev–Trinajstić information content (AvgIpc) is 3.19. The molecule has 11 heteroatoms. The molecule has 1 aromatic heterocycles. The number of amides is 1. The zero-order valence-electron chi connectivity index (χ0n) is 29.3. The molecule has 0 bridgehead atoms. The number of nitriles is 1. The van der Waals surface area contributed by atoms with Crippen molar-refractivity contribution in [2.24, 2.45) is 0 Å². The largest absolute Gasteiger partial charge is 0.497 e. The van der Waals surface area contributed by atoms with E-state index in [1.807, 2.05) is 47.4 Å². The smallest absolute Gasteiger partial charge is 0.246 e. The van der Waals surface area contributed by atoms with Gasteiger partial charge in [0.05, 0.1) is 36.6 Å². The summed E-state index contributed by atoms with van der Waals surface area (Å²) in [6, 6.07) is 34.4. The Morgan fingerprint density at radius 2 is 1.58 bits per heavy atom. The molecule has 2 heterocycles. The minimum absolute atomic E-state index is 0. The van der Waals surface area contributed by atoms with E-state index in [4.69, 9.17) is 35.8 Å².